The number of morpholine rings is 1. The lowest BCUT2D eigenvalue weighted by atomic mass is 10.1. The second-order valence-corrected chi connectivity index (χ2v) is 4.90. The zero-order valence-corrected chi connectivity index (χ0v) is 12.1. The number of hydrogen-bond acceptors (Lipinski definition) is 4. The molecule has 4 nitrogen and oxygen atoms in total. The van der Waals surface area contributed by atoms with Gasteiger partial charge in [-0.25, -0.2) is 0 Å². The summed E-state index contributed by atoms with van der Waals surface area (Å²) in [5, 5.41) is 10.0. The van der Waals surface area contributed by atoms with Gasteiger partial charge >= 0.3 is 0 Å². The summed E-state index contributed by atoms with van der Waals surface area (Å²) in [7, 11) is 0. The lowest BCUT2D eigenvalue weighted by Crippen LogP contribution is -2.40. The van der Waals surface area contributed by atoms with E-state index in [0.29, 0.717) is 6.54 Å². The highest BCUT2D eigenvalue weighted by molar-refractivity contribution is 5.51. The lowest BCUT2D eigenvalue weighted by molar-refractivity contribution is 0.0223. The van der Waals surface area contributed by atoms with E-state index < -0.39 is 6.10 Å². The third kappa shape index (κ3) is 5.60. The lowest BCUT2D eigenvalue weighted by Gasteiger charge is -2.27. The molecule has 1 atom stereocenters. The Bertz CT molecular complexity index is 484. The quantitative estimate of drug-likeness (QED) is 0.803. The number of β-amino-alcohol motifs (C(OH)–C–C–N with tert-alkyl or cyclic N) is 1. The number of ether oxygens (including phenoxy) is 2. The average molecular weight is 287 g/mol. The number of hydrogen-bond donors (Lipinski definition) is 1. The van der Waals surface area contributed by atoms with Crippen LogP contribution in [0.5, 0.6) is 5.75 Å². The van der Waals surface area contributed by atoms with E-state index in [-0.39, 0.29) is 6.61 Å². The third-order valence-corrected chi connectivity index (χ3v) is 3.26. The van der Waals surface area contributed by atoms with Gasteiger partial charge in [-0.3, -0.25) is 4.90 Å². The molecule has 0 spiro atoms. The first-order valence-corrected chi connectivity index (χ1v) is 7.10. The first-order chi connectivity index (χ1) is 10.3. The molecule has 0 aliphatic carbocycles. The molecule has 1 aliphatic heterocycles. The number of aliphatic hydroxyl groups is 1. The van der Waals surface area contributed by atoms with E-state index in [4.69, 9.17) is 15.9 Å². The van der Waals surface area contributed by atoms with Crippen molar-refractivity contribution in [1.29, 1.82) is 0 Å². The molecule has 0 radical (unpaired) electrons. The fraction of sp³-hybridized carbons (Fsp3) is 0.412. The second-order valence-electron chi connectivity index (χ2n) is 4.90. The fourth-order valence-electron chi connectivity index (χ4n) is 2.13. The molecule has 4 heteroatoms. The Morgan fingerprint density at radius 1 is 1.33 bits per heavy atom. The van der Waals surface area contributed by atoms with Crippen LogP contribution >= 0.6 is 0 Å². The molecule has 1 unspecified atom stereocenters. The van der Waals surface area contributed by atoms with E-state index in [1.54, 1.807) is 0 Å². The molecular weight excluding hydrogens is 266 g/mol. The van der Waals surface area contributed by atoms with Crippen molar-refractivity contribution in [3.8, 4) is 18.1 Å². The van der Waals surface area contributed by atoms with Gasteiger partial charge in [0.15, 0.2) is 0 Å². The maximum absolute atomic E-state index is 10.0. The summed E-state index contributed by atoms with van der Waals surface area (Å²) >= 11 is 0. The molecular formula is C17H21NO3. The Labute approximate surface area is 126 Å². The summed E-state index contributed by atoms with van der Waals surface area (Å²) in [5.41, 5.74) is 1.02. The summed E-state index contributed by atoms with van der Waals surface area (Å²) in [5.74, 6) is 3.18. The second kappa shape index (κ2) is 8.48. The van der Waals surface area contributed by atoms with Crippen LogP contribution in [-0.4, -0.2) is 55.6 Å². The van der Waals surface area contributed by atoms with Crippen LogP contribution in [0, 0.1) is 12.3 Å². The number of rotatable bonds is 6. The van der Waals surface area contributed by atoms with Crippen molar-refractivity contribution >= 4 is 6.08 Å². The van der Waals surface area contributed by atoms with E-state index in [2.05, 4.69) is 10.8 Å². The number of terminal acetylenes is 1. The van der Waals surface area contributed by atoms with Crippen LogP contribution in [0.1, 0.15) is 5.56 Å². The van der Waals surface area contributed by atoms with Crippen molar-refractivity contribution in [1.82, 2.24) is 4.90 Å². The zero-order valence-electron chi connectivity index (χ0n) is 12.1. The van der Waals surface area contributed by atoms with Gasteiger partial charge in [-0.15, -0.1) is 6.42 Å². The van der Waals surface area contributed by atoms with E-state index in [9.17, 15) is 5.11 Å². The Balaban J connectivity index is 1.80. The Hall–Kier alpha value is -1.80. The number of aliphatic hydroxyl groups excluding tert-OH is 1. The van der Waals surface area contributed by atoms with Crippen LogP contribution in [0.3, 0.4) is 0 Å². The summed E-state index contributed by atoms with van der Waals surface area (Å²) in [6.07, 6.45) is 8.39. The first-order valence-electron chi connectivity index (χ1n) is 7.10. The van der Waals surface area contributed by atoms with Crippen molar-refractivity contribution in [2.45, 2.75) is 6.10 Å². The molecule has 1 aliphatic rings. The van der Waals surface area contributed by atoms with Gasteiger partial charge in [0, 0.05) is 19.6 Å². The van der Waals surface area contributed by atoms with Gasteiger partial charge in [0.2, 0.25) is 0 Å². The van der Waals surface area contributed by atoms with E-state index in [1.807, 2.05) is 36.4 Å². The molecule has 0 saturated carbocycles. The normalized spacial score (nSPS) is 17.5. The molecule has 1 saturated heterocycles. The highest BCUT2D eigenvalue weighted by Gasteiger charge is 2.12. The van der Waals surface area contributed by atoms with Crippen LogP contribution in [0.15, 0.2) is 30.3 Å². The van der Waals surface area contributed by atoms with Crippen molar-refractivity contribution in [3.05, 3.63) is 35.9 Å². The molecule has 0 aromatic heterocycles. The molecule has 0 bridgehead atoms. The number of benzene rings is 1. The maximum atomic E-state index is 10.0. The van der Waals surface area contributed by atoms with Gasteiger partial charge < -0.3 is 14.6 Å². The maximum Gasteiger partial charge on any atom is 0.148 e. The molecule has 112 valence electrons. The highest BCUT2D eigenvalue weighted by atomic mass is 16.5. The summed E-state index contributed by atoms with van der Waals surface area (Å²) < 4.78 is 10.6. The van der Waals surface area contributed by atoms with Crippen LogP contribution in [0.4, 0.5) is 0 Å². The molecule has 0 amide bonds. The predicted molar refractivity (Wildman–Crippen MR) is 83.1 cm³/mol. The van der Waals surface area contributed by atoms with Gasteiger partial charge in [-0.05, 0) is 17.7 Å². The highest BCUT2D eigenvalue weighted by Crippen LogP contribution is 2.13. The Morgan fingerprint density at radius 3 is 2.71 bits per heavy atom. The van der Waals surface area contributed by atoms with Gasteiger partial charge in [0.05, 0.1) is 19.3 Å². The van der Waals surface area contributed by atoms with Crippen molar-refractivity contribution in [3.63, 3.8) is 0 Å². The molecule has 1 aromatic rings. The van der Waals surface area contributed by atoms with Gasteiger partial charge in [0.1, 0.15) is 12.4 Å². The first kappa shape index (κ1) is 15.6. The van der Waals surface area contributed by atoms with E-state index in [0.717, 1.165) is 37.6 Å². The zero-order chi connectivity index (χ0) is 14.9. The standard InChI is InChI=1S/C17H21NO3/c1-2-11-21-17-7-4-15(5-8-17)3-6-16(19)14-18-9-12-20-13-10-18/h1,3-8,16,19H,9-14H2. The summed E-state index contributed by atoms with van der Waals surface area (Å²) in [6, 6.07) is 7.60. The average Bonchev–Trinajstić information content (AvgIpc) is 2.53. The van der Waals surface area contributed by atoms with Crippen LogP contribution in [-0.2, 0) is 4.74 Å². The van der Waals surface area contributed by atoms with E-state index in [1.165, 1.54) is 0 Å². The van der Waals surface area contributed by atoms with Gasteiger partial charge in [0.25, 0.3) is 0 Å². The predicted octanol–water partition coefficient (Wildman–Crippen LogP) is 1.40. The SMILES string of the molecule is C#CCOc1ccc(C=CC(O)CN2CCOCC2)cc1. The molecule has 2 rings (SSSR count). The van der Waals surface area contributed by atoms with Crippen molar-refractivity contribution < 1.29 is 14.6 Å². The van der Waals surface area contributed by atoms with Crippen LogP contribution < -0.4 is 4.74 Å². The van der Waals surface area contributed by atoms with Gasteiger partial charge in [-0.2, -0.15) is 0 Å². The van der Waals surface area contributed by atoms with Gasteiger partial charge in [-0.1, -0.05) is 30.2 Å². The Kier molecular flexibility index (Phi) is 6.29. The topological polar surface area (TPSA) is 41.9 Å². The minimum Gasteiger partial charge on any atom is -0.481 e. The summed E-state index contributed by atoms with van der Waals surface area (Å²) in [4.78, 5) is 2.20. The third-order valence-electron chi connectivity index (χ3n) is 3.26. The Morgan fingerprint density at radius 2 is 2.05 bits per heavy atom. The molecule has 1 aromatic carbocycles. The van der Waals surface area contributed by atoms with Crippen LogP contribution in [0.2, 0.25) is 0 Å². The smallest absolute Gasteiger partial charge is 0.148 e. The monoisotopic (exact) mass is 287 g/mol. The minimum atomic E-state index is -0.472. The van der Waals surface area contributed by atoms with Crippen molar-refractivity contribution in [2.75, 3.05) is 39.5 Å². The molecule has 1 N–H and O–H groups in total. The molecule has 21 heavy (non-hydrogen) atoms. The van der Waals surface area contributed by atoms with Crippen molar-refractivity contribution in [2.24, 2.45) is 0 Å². The molecule has 1 fully saturated rings. The number of nitrogens with zero attached hydrogens (tertiary/aromatic N) is 1. The van der Waals surface area contributed by atoms with Crippen LogP contribution in [0.25, 0.3) is 6.08 Å². The van der Waals surface area contributed by atoms with E-state index >= 15 is 0 Å². The molecule has 1 heterocycles. The largest absolute Gasteiger partial charge is 0.481 e. The summed E-state index contributed by atoms with van der Waals surface area (Å²) in [6.45, 7) is 4.17. The minimum absolute atomic E-state index is 0.271. The fourth-order valence-corrected chi connectivity index (χ4v) is 2.13.